The van der Waals surface area contributed by atoms with Gasteiger partial charge in [-0.25, -0.2) is 9.82 Å². The molecular formula is C2H5N4NaO3S. The fourth-order valence-corrected chi connectivity index (χ4v) is 0.720. The van der Waals surface area contributed by atoms with E-state index in [9.17, 15) is 8.42 Å². The molecule has 58 valence electrons. The van der Waals surface area contributed by atoms with Crippen LogP contribution in [-0.4, -0.2) is 28.2 Å². The second kappa shape index (κ2) is 4.02. The molecule has 1 aromatic rings. The first-order chi connectivity index (χ1) is 4.58. The van der Waals surface area contributed by atoms with E-state index in [1.807, 2.05) is 0 Å². The van der Waals surface area contributed by atoms with Crippen molar-refractivity contribution in [1.82, 2.24) is 15.2 Å². The predicted octanol–water partition coefficient (Wildman–Crippen LogP) is -3.86. The van der Waals surface area contributed by atoms with Crippen LogP contribution in [0.25, 0.3) is 0 Å². The van der Waals surface area contributed by atoms with Crippen LogP contribution in [0.5, 0.6) is 0 Å². The van der Waals surface area contributed by atoms with Crippen LogP contribution in [0, 0.1) is 0 Å². The largest absolute Gasteiger partial charge is 1.00 e. The Hall–Kier alpha value is -0.150. The van der Waals surface area contributed by atoms with Gasteiger partial charge in [0, 0.05) is 0 Å². The second-order valence-corrected chi connectivity index (χ2v) is 2.57. The average Bonchev–Trinajstić information content (AvgIpc) is 2.12. The summed E-state index contributed by atoms with van der Waals surface area (Å²) in [6.45, 7) is 0. The van der Waals surface area contributed by atoms with Crippen LogP contribution in [0.1, 0.15) is 1.43 Å². The second-order valence-electron chi connectivity index (χ2n) is 1.41. The maximum absolute atomic E-state index is 10.1. The Labute approximate surface area is 86.3 Å². The summed E-state index contributed by atoms with van der Waals surface area (Å²) in [4.78, 5) is 3.38. The average molecular weight is 188 g/mol. The summed E-state index contributed by atoms with van der Waals surface area (Å²) in [5.74, 6) is -0.123. The smallest absolute Gasteiger partial charge is 1.00 e. The molecule has 0 fully saturated rings. The summed E-state index contributed by atoms with van der Waals surface area (Å²) >= 11 is 0. The van der Waals surface area contributed by atoms with Crippen LogP contribution < -0.4 is 34.3 Å². The Morgan fingerprint density at radius 1 is 1.73 bits per heavy atom. The van der Waals surface area contributed by atoms with Gasteiger partial charge in [0.15, 0.2) is 0 Å². The Bertz CT molecular complexity index is 298. The number of aromatic nitrogens is 3. The van der Waals surface area contributed by atoms with E-state index in [-0.39, 0.29) is 36.9 Å². The van der Waals surface area contributed by atoms with Crippen molar-refractivity contribution in [1.29, 1.82) is 0 Å². The van der Waals surface area contributed by atoms with Gasteiger partial charge in [0.25, 0.3) is 0 Å². The number of aromatic amines is 1. The fraction of sp³-hybridized carbons (Fsp3) is 0. The molecule has 11 heavy (non-hydrogen) atoms. The first-order valence-electron chi connectivity index (χ1n) is 2.18. The quantitative estimate of drug-likeness (QED) is 0.325. The number of anilines is 1. The summed E-state index contributed by atoms with van der Waals surface area (Å²) < 4.78 is 29.9. The first-order valence-corrected chi connectivity index (χ1v) is 3.62. The number of H-pyrrole nitrogens is 1. The van der Waals surface area contributed by atoms with Gasteiger partial charge in [0.2, 0.25) is 5.95 Å². The molecule has 7 nitrogen and oxygen atoms in total. The third kappa shape index (κ3) is 4.32. The van der Waals surface area contributed by atoms with Gasteiger partial charge in [0.1, 0.15) is 6.33 Å². The molecule has 0 spiro atoms. The SMILES string of the molecule is O=S(=O)(O)Nc1ncn[nH]1.[H-].[Na+]. The molecule has 0 aliphatic carbocycles. The third-order valence-corrected chi connectivity index (χ3v) is 1.09. The van der Waals surface area contributed by atoms with Crippen molar-refractivity contribution in [3.8, 4) is 0 Å². The molecule has 0 bridgehead atoms. The van der Waals surface area contributed by atoms with E-state index in [1.54, 1.807) is 4.72 Å². The van der Waals surface area contributed by atoms with E-state index in [4.69, 9.17) is 4.55 Å². The molecule has 0 aliphatic rings. The van der Waals surface area contributed by atoms with E-state index in [1.165, 1.54) is 0 Å². The van der Waals surface area contributed by atoms with Gasteiger partial charge < -0.3 is 1.43 Å². The van der Waals surface area contributed by atoms with Gasteiger partial charge in [-0.05, 0) is 0 Å². The van der Waals surface area contributed by atoms with Crippen molar-refractivity contribution < 1.29 is 44.0 Å². The summed E-state index contributed by atoms with van der Waals surface area (Å²) in [7, 11) is -4.23. The molecule has 1 rings (SSSR count). The number of hydrogen-bond donors (Lipinski definition) is 3. The van der Waals surface area contributed by atoms with Gasteiger partial charge >= 0.3 is 39.9 Å². The fourth-order valence-electron chi connectivity index (χ4n) is 0.377. The molecule has 1 aromatic heterocycles. The van der Waals surface area contributed by atoms with Crippen LogP contribution in [0.15, 0.2) is 6.33 Å². The number of rotatable bonds is 2. The van der Waals surface area contributed by atoms with Crippen LogP contribution >= 0.6 is 0 Å². The minimum absolute atomic E-state index is 0. The van der Waals surface area contributed by atoms with Crippen molar-refractivity contribution in [3.63, 3.8) is 0 Å². The summed E-state index contributed by atoms with van der Waals surface area (Å²) in [5, 5.41) is 5.51. The zero-order valence-corrected chi connectivity index (χ0v) is 8.46. The van der Waals surface area contributed by atoms with E-state index in [0.29, 0.717) is 0 Å². The van der Waals surface area contributed by atoms with E-state index < -0.39 is 10.3 Å². The molecule has 0 aromatic carbocycles. The molecule has 0 amide bonds. The Morgan fingerprint density at radius 2 is 2.36 bits per heavy atom. The molecule has 3 N–H and O–H groups in total. The molecule has 0 saturated heterocycles. The number of nitrogens with one attached hydrogen (secondary N) is 2. The molecule has 0 aliphatic heterocycles. The van der Waals surface area contributed by atoms with E-state index >= 15 is 0 Å². The zero-order valence-electron chi connectivity index (χ0n) is 6.64. The molecular weight excluding hydrogens is 183 g/mol. The Morgan fingerprint density at radius 3 is 2.73 bits per heavy atom. The van der Waals surface area contributed by atoms with E-state index in [0.717, 1.165) is 6.33 Å². The molecule has 0 saturated carbocycles. The standard InChI is InChI=1S/C2H4N4O3S.Na.H/c7-10(8,9)6-2-3-1-4-5-2;;/h1H,(H,7,8,9)(H2,3,4,5,6);;/q;+1;-1. The van der Waals surface area contributed by atoms with Crippen LogP contribution in [0.4, 0.5) is 5.95 Å². The van der Waals surface area contributed by atoms with Crippen molar-refractivity contribution >= 4 is 16.3 Å². The van der Waals surface area contributed by atoms with Gasteiger partial charge in [-0.15, -0.1) is 0 Å². The maximum Gasteiger partial charge on any atom is 1.00 e. The normalized spacial score (nSPS) is 10.3. The first kappa shape index (κ1) is 10.8. The molecule has 0 atom stereocenters. The topological polar surface area (TPSA) is 108 Å². The van der Waals surface area contributed by atoms with E-state index in [2.05, 4.69) is 15.2 Å². The van der Waals surface area contributed by atoms with Crippen molar-refractivity contribution in [3.05, 3.63) is 6.33 Å². The maximum atomic E-state index is 10.1. The van der Waals surface area contributed by atoms with Crippen LogP contribution in [0.2, 0.25) is 0 Å². The van der Waals surface area contributed by atoms with Crippen molar-refractivity contribution in [2.75, 3.05) is 4.72 Å². The Balaban J connectivity index is 0. The Kier molecular flexibility index (Phi) is 3.97. The van der Waals surface area contributed by atoms with Crippen molar-refractivity contribution in [2.45, 2.75) is 0 Å². The molecule has 0 radical (unpaired) electrons. The summed E-state index contributed by atoms with van der Waals surface area (Å²) in [5.41, 5.74) is 0. The minimum atomic E-state index is -4.23. The molecule has 1 heterocycles. The predicted molar refractivity (Wildman–Crippen MR) is 32.7 cm³/mol. The summed E-state index contributed by atoms with van der Waals surface area (Å²) in [6.07, 6.45) is 1.10. The zero-order chi connectivity index (χ0) is 7.61. The number of nitrogens with zero attached hydrogens (tertiary/aromatic N) is 2. The number of hydrogen-bond acceptors (Lipinski definition) is 4. The monoisotopic (exact) mass is 188 g/mol. The van der Waals surface area contributed by atoms with Crippen LogP contribution in [0.3, 0.4) is 0 Å². The van der Waals surface area contributed by atoms with Crippen molar-refractivity contribution in [2.24, 2.45) is 0 Å². The van der Waals surface area contributed by atoms with Crippen LogP contribution in [-0.2, 0) is 10.3 Å². The minimum Gasteiger partial charge on any atom is -1.00 e. The van der Waals surface area contributed by atoms with Gasteiger partial charge in [-0.3, -0.25) is 4.55 Å². The summed E-state index contributed by atoms with van der Waals surface area (Å²) in [6, 6.07) is 0. The van der Waals surface area contributed by atoms with Gasteiger partial charge in [-0.2, -0.15) is 18.5 Å². The third-order valence-electron chi connectivity index (χ3n) is 0.641. The molecule has 9 heteroatoms. The van der Waals surface area contributed by atoms with Gasteiger partial charge in [0.05, 0.1) is 0 Å². The molecule has 0 unspecified atom stereocenters. The van der Waals surface area contributed by atoms with Gasteiger partial charge in [-0.1, -0.05) is 0 Å².